The summed E-state index contributed by atoms with van der Waals surface area (Å²) in [6, 6.07) is 11.7. The van der Waals surface area contributed by atoms with E-state index in [1.54, 1.807) is 49.4 Å². The molecule has 31 heavy (non-hydrogen) atoms. The number of hydrogen-bond donors (Lipinski definition) is 1. The maximum absolute atomic E-state index is 13.5. The minimum absolute atomic E-state index is 0.139. The van der Waals surface area contributed by atoms with Crippen LogP contribution in [0.15, 0.2) is 47.4 Å². The van der Waals surface area contributed by atoms with Gasteiger partial charge in [0.15, 0.2) is 0 Å². The molecule has 7 heteroatoms. The number of sulfonamides is 1. The molecule has 0 heterocycles. The van der Waals surface area contributed by atoms with Gasteiger partial charge < -0.3 is 5.32 Å². The minimum atomic E-state index is -3.95. The number of benzene rings is 2. The number of halogens is 1. The van der Waals surface area contributed by atoms with Crippen LogP contribution in [0, 0.1) is 19.8 Å². The SMILES string of the molecule is CCCCC(CC)CNC(=O)CN(c1cc(Cl)ccc1C)S(=O)(=O)c1ccc(C)cc1. The van der Waals surface area contributed by atoms with Gasteiger partial charge in [0.25, 0.3) is 10.0 Å². The minimum Gasteiger partial charge on any atom is -0.354 e. The van der Waals surface area contributed by atoms with E-state index < -0.39 is 10.0 Å². The second-order valence-corrected chi connectivity index (χ2v) is 10.3. The van der Waals surface area contributed by atoms with Crippen LogP contribution in [-0.2, 0) is 14.8 Å². The van der Waals surface area contributed by atoms with Crippen molar-refractivity contribution in [2.24, 2.45) is 5.92 Å². The molecule has 170 valence electrons. The van der Waals surface area contributed by atoms with Gasteiger partial charge in [-0.15, -0.1) is 0 Å². The summed E-state index contributed by atoms with van der Waals surface area (Å²) in [5.41, 5.74) is 2.09. The van der Waals surface area contributed by atoms with Crippen LogP contribution < -0.4 is 9.62 Å². The van der Waals surface area contributed by atoms with Crippen molar-refractivity contribution in [1.29, 1.82) is 0 Å². The first-order valence-electron chi connectivity index (χ1n) is 10.8. The molecule has 0 aliphatic heterocycles. The molecule has 0 aromatic heterocycles. The van der Waals surface area contributed by atoms with E-state index in [1.165, 1.54) is 0 Å². The number of carbonyl (C=O) groups is 1. The van der Waals surface area contributed by atoms with Crippen molar-refractivity contribution in [3.63, 3.8) is 0 Å². The van der Waals surface area contributed by atoms with Gasteiger partial charge in [0.05, 0.1) is 10.6 Å². The average molecular weight is 465 g/mol. The first-order chi connectivity index (χ1) is 14.7. The van der Waals surface area contributed by atoms with Crippen molar-refractivity contribution < 1.29 is 13.2 Å². The number of hydrogen-bond acceptors (Lipinski definition) is 3. The number of anilines is 1. The van der Waals surface area contributed by atoms with Gasteiger partial charge >= 0.3 is 0 Å². The summed E-state index contributed by atoms with van der Waals surface area (Å²) in [6.07, 6.45) is 4.25. The van der Waals surface area contributed by atoms with Crippen molar-refractivity contribution in [1.82, 2.24) is 5.32 Å². The summed E-state index contributed by atoms with van der Waals surface area (Å²) in [4.78, 5) is 12.9. The van der Waals surface area contributed by atoms with Crippen LogP contribution in [0.1, 0.15) is 50.7 Å². The molecular formula is C24H33ClN2O3S. The number of carbonyl (C=O) groups excluding carboxylic acids is 1. The van der Waals surface area contributed by atoms with Gasteiger partial charge in [0, 0.05) is 11.6 Å². The molecule has 5 nitrogen and oxygen atoms in total. The highest BCUT2D eigenvalue weighted by Gasteiger charge is 2.28. The van der Waals surface area contributed by atoms with Gasteiger partial charge in [0.1, 0.15) is 6.54 Å². The molecule has 0 bridgehead atoms. The predicted octanol–water partition coefficient (Wildman–Crippen LogP) is 5.48. The lowest BCUT2D eigenvalue weighted by Gasteiger charge is -2.26. The van der Waals surface area contributed by atoms with Crippen molar-refractivity contribution in [2.45, 2.75) is 58.3 Å². The van der Waals surface area contributed by atoms with E-state index in [1.807, 2.05) is 6.92 Å². The van der Waals surface area contributed by atoms with E-state index in [9.17, 15) is 13.2 Å². The third-order valence-corrected chi connectivity index (χ3v) is 7.48. The van der Waals surface area contributed by atoms with Gasteiger partial charge in [-0.3, -0.25) is 9.10 Å². The quantitative estimate of drug-likeness (QED) is 0.478. The first-order valence-corrected chi connectivity index (χ1v) is 12.6. The fourth-order valence-corrected chi connectivity index (χ4v) is 5.02. The van der Waals surface area contributed by atoms with Gasteiger partial charge in [-0.25, -0.2) is 8.42 Å². The van der Waals surface area contributed by atoms with Crippen LogP contribution in [0.3, 0.4) is 0 Å². The highest BCUT2D eigenvalue weighted by atomic mass is 35.5. The zero-order valence-corrected chi connectivity index (χ0v) is 20.4. The van der Waals surface area contributed by atoms with E-state index >= 15 is 0 Å². The van der Waals surface area contributed by atoms with E-state index in [-0.39, 0.29) is 17.3 Å². The Morgan fingerprint density at radius 2 is 1.77 bits per heavy atom. The molecule has 0 spiro atoms. The Hall–Kier alpha value is -2.05. The van der Waals surface area contributed by atoms with Crippen molar-refractivity contribution in [3.05, 3.63) is 58.6 Å². The van der Waals surface area contributed by atoms with Crippen LogP contribution >= 0.6 is 11.6 Å². The summed E-state index contributed by atoms with van der Waals surface area (Å²) in [6.45, 7) is 8.19. The number of aryl methyl sites for hydroxylation is 2. The van der Waals surface area contributed by atoms with Crippen molar-refractivity contribution in [3.8, 4) is 0 Å². The molecule has 1 unspecified atom stereocenters. The third kappa shape index (κ3) is 6.97. The Morgan fingerprint density at radius 1 is 1.10 bits per heavy atom. The zero-order chi connectivity index (χ0) is 23.0. The molecule has 0 fully saturated rings. The molecule has 1 N–H and O–H groups in total. The Balaban J connectivity index is 2.31. The Bertz CT molecular complexity index is 975. The maximum atomic E-state index is 13.5. The Labute approximate surface area is 191 Å². The van der Waals surface area contributed by atoms with Crippen LogP contribution in [-0.4, -0.2) is 27.4 Å². The standard InChI is InChI=1S/C24H33ClN2O3S/c1-5-7-8-20(6-2)16-26-24(28)17-27(23-15-21(25)12-11-19(23)4)31(29,30)22-13-9-18(3)10-14-22/h9-15,20H,5-8,16-17H2,1-4H3,(H,26,28). The lowest BCUT2D eigenvalue weighted by Crippen LogP contribution is -2.42. The summed E-state index contributed by atoms with van der Waals surface area (Å²) in [7, 11) is -3.95. The Morgan fingerprint density at radius 3 is 2.39 bits per heavy atom. The zero-order valence-electron chi connectivity index (χ0n) is 18.8. The van der Waals surface area contributed by atoms with E-state index in [4.69, 9.17) is 11.6 Å². The molecular weight excluding hydrogens is 432 g/mol. The average Bonchev–Trinajstić information content (AvgIpc) is 2.74. The molecule has 0 saturated carbocycles. The monoisotopic (exact) mass is 464 g/mol. The number of unbranched alkanes of at least 4 members (excludes halogenated alkanes) is 1. The summed E-state index contributed by atoms with van der Waals surface area (Å²) in [5.74, 6) is 0.0592. The largest absolute Gasteiger partial charge is 0.354 e. The lowest BCUT2D eigenvalue weighted by atomic mass is 9.99. The van der Waals surface area contributed by atoms with Crippen LogP contribution in [0.5, 0.6) is 0 Å². The smallest absolute Gasteiger partial charge is 0.264 e. The second-order valence-electron chi connectivity index (χ2n) is 7.98. The third-order valence-electron chi connectivity index (χ3n) is 5.47. The maximum Gasteiger partial charge on any atom is 0.264 e. The highest BCUT2D eigenvalue weighted by Crippen LogP contribution is 2.29. The summed E-state index contributed by atoms with van der Waals surface area (Å²) < 4.78 is 28.1. The van der Waals surface area contributed by atoms with Crippen LogP contribution in [0.4, 0.5) is 5.69 Å². The van der Waals surface area contributed by atoms with Crippen LogP contribution in [0.25, 0.3) is 0 Å². The molecule has 2 aromatic carbocycles. The lowest BCUT2D eigenvalue weighted by molar-refractivity contribution is -0.119. The molecule has 2 aromatic rings. The van der Waals surface area contributed by atoms with Crippen molar-refractivity contribution in [2.75, 3.05) is 17.4 Å². The fourth-order valence-electron chi connectivity index (χ4n) is 3.38. The molecule has 0 aliphatic carbocycles. The molecule has 1 amide bonds. The highest BCUT2D eigenvalue weighted by molar-refractivity contribution is 7.92. The number of nitrogens with one attached hydrogen (secondary N) is 1. The molecule has 2 rings (SSSR count). The summed E-state index contributed by atoms with van der Waals surface area (Å²) in [5, 5.41) is 3.34. The summed E-state index contributed by atoms with van der Waals surface area (Å²) >= 11 is 6.16. The van der Waals surface area contributed by atoms with E-state index in [0.717, 1.165) is 41.1 Å². The second kappa shape index (κ2) is 11.5. The van der Waals surface area contributed by atoms with Gasteiger partial charge in [-0.05, 0) is 56.0 Å². The predicted molar refractivity (Wildman–Crippen MR) is 128 cm³/mol. The van der Waals surface area contributed by atoms with E-state index in [0.29, 0.717) is 23.2 Å². The first kappa shape index (κ1) is 25.2. The molecule has 0 saturated heterocycles. The van der Waals surface area contributed by atoms with Crippen molar-refractivity contribution >= 4 is 33.2 Å². The normalized spacial score (nSPS) is 12.4. The molecule has 0 radical (unpaired) electrons. The van der Waals surface area contributed by atoms with Gasteiger partial charge in [-0.1, -0.05) is 68.5 Å². The molecule has 0 aliphatic rings. The topological polar surface area (TPSA) is 66.5 Å². The van der Waals surface area contributed by atoms with Gasteiger partial charge in [0.2, 0.25) is 5.91 Å². The number of amides is 1. The van der Waals surface area contributed by atoms with Gasteiger partial charge in [-0.2, -0.15) is 0 Å². The van der Waals surface area contributed by atoms with Crippen LogP contribution in [0.2, 0.25) is 5.02 Å². The van der Waals surface area contributed by atoms with E-state index in [2.05, 4.69) is 19.2 Å². The number of rotatable bonds is 11. The number of nitrogens with zero attached hydrogens (tertiary/aromatic N) is 1. The molecule has 1 atom stereocenters. The Kier molecular flexibility index (Phi) is 9.38. The fraction of sp³-hybridized carbons (Fsp3) is 0.458.